The topological polar surface area (TPSA) is 41.6 Å². The van der Waals surface area contributed by atoms with Gasteiger partial charge >= 0.3 is 0 Å². The van der Waals surface area contributed by atoms with Crippen molar-refractivity contribution in [3.63, 3.8) is 0 Å². The normalized spacial score (nSPS) is 22.9. The fraction of sp³-hybridized carbons (Fsp3) is 0.533. The number of piperidine rings is 1. The minimum atomic E-state index is -0.0594. The van der Waals surface area contributed by atoms with Gasteiger partial charge in [0.2, 0.25) is 5.91 Å². The number of benzene rings is 1. The predicted molar refractivity (Wildman–Crippen MR) is 76.6 cm³/mol. The highest BCUT2D eigenvalue weighted by Crippen LogP contribution is 2.21. The number of carbonyl (C=O) groups excluding carboxylic acids is 1. The number of anilines is 1. The van der Waals surface area contributed by atoms with Gasteiger partial charge in [-0.1, -0.05) is 6.92 Å². The van der Waals surface area contributed by atoms with Gasteiger partial charge in [0.1, 0.15) is 5.75 Å². The molecule has 4 heteroatoms. The van der Waals surface area contributed by atoms with Crippen molar-refractivity contribution in [1.82, 2.24) is 5.32 Å². The molecule has 1 aliphatic rings. The molecule has 0 aliphatic carbocycles. The van der Waals surface area contributed by atoms with Crippen molar-refractivity contribution in [1.29, 1.82) is 0 Å². The maximum absolute atomic E-state index is 12.4. The molecular weight excluding hydrogens is 240 g/mol. The van der Waals surface area contributed by atoms with Crippen LogP contribution in [0, 0.1) is 5.92 Å². The number of nitrogens with zero attached hydrogens (tertiary/aromatic N) is 1. The van der Waals surface area contributed by atoms with Gasteiger partial charge in [-0.2, -0.15) is 0 Å². The molecule has 1 aromatic rings. The third kappa shape index (κ3) is 3.26. The molecule has 0 bridgehead atoms. The average Bonchev–Trinajstić information content (AvgIpc) is 2.46. The van der Waals surface area contributed by atoms with E-state index in [0.717, 1.165) is 30.8 Å². The maximum atomic E-state index is 12.4. The Morgan fingerprint density at radius 1 is 1.37 bits per heavy atom. The van der Waals surface area contributed by atoms with Crippen LogP contribution in [0.15, 0.2) is 24.3 Å². The van der Waals surface area contributed by atoms with Crippen molar-refractivity contribution < 1.29 is 9.53 Å². The van der Waals surface area contributed by atoms with E-state index in [1.165, 1.54) is 0 Å². The Labute approximate surface area is 114 Å². The highest BCUT2D eigenvalue weighted by molar-refractivity contribution is 5.96. The largest absolute Gasteiger partial charge is 0.497 e. The third-order valence-electron chi connectivity index (χ3n) is 3.75. The average molecular weight is 262 g/mol. The lowest BCUT2D eigenvalue weighted by molar-refractivity contribution is -0.121. The molecule has 2 rings (SSSR count). The van der Waals surface area contributed by atoms with E-state index in [0.29, 0.717) is 5.92 Å². The number of hydrogen-bond acceptors (Lipinski definition) is 3. The number of ether oxygens (including phenoxy) is 1. The SMILES string of the molecule is COc1ccc(N(C)C(=O)C2CC(C)CCN2)cc1. The van der Waals surface area contributed by atoms with Crippen LogP contribution in [0.3, 0.4) is 0 Å². The monoisotopic (exact) mass is 262 g/mol. The first-order valence-corrected chi connectivity index (χ1v) is 6.77. The van der Waals surface area contributed by atoms with Gasteiger partial charge in [0.15, 0.2) is 0 Å². The van der Waals surface area contributed by atoms with Gasteiger partial charge in [-0.3, -0.25) is 4.79 Å². The van der Waals surface area contributed by atoms with Crippen molar-refractivity contribution in [3.8, 4) is 5.75 Å². The standard InChI is InChI=1S/C15H22N2O2/c1-11-8-9-16-14(10-11)15(18)17(2)12-4-6-13(19-3)7-5-12/h4-7,11,14,16H,8-10H2,1-3H3. The summed E-state index contributed by atoms with van der Waals surface area (Å²) in [5, 5.41) is 3.31. The van der Waals surface area contributed by atoms with E-state index in [2.05, 4.69) is 12.2 Å². The maximum Gasteiger partial charge on any atom is 0.243 e. The van der Waals surface area contributed by atoms with E-state index in [1.807, 2.05) is 31.3 Å². The molecule has 0 aromatic heterocycles. The fourth-order valence-corrected chi connectivity index (χ4v) is 2.46. The lowest BCUT2D eigenvalue weighted by Gasteiger charge is -2.30. The summed E-state index contributed by atoms with van der Waals surface area (Å²) in [6.07, 6.45) is 2.06. The summed E-state index contributed by atoms with van der Waals surface area (Å²) in [5.41, 5.74) is 0.894. The first-order chi connectivity index (χ1) is 9.11. The summed E-state index contributed by atoms with van der Waals surface area (Å²) in [5.74, 6) is 1.55. The molecule has 0 saturated carbocycles. The summed E-state index contributed by atoms with van der Waals surface area (Å²) in [7, 11) is 3.46. The molecule has 1 N–H and O–H groups in total. The molecule has 0 radical (unpaired) electrons. The molecule has 1 aliphatic heterocycles. The number of methoxy groups -OCH3 is 1. The van der Waals surface area contributed by atoms with Gasteiger partial charge in [0.05, 0.1) is 13.2 Å². The van der Waals surface area contributed by atoms with Crippen LogP contribution in [0.4, 0.5) is 5.69 Å². The van der Waals surface area contributed by atoms with E-state index in [9.17, 15) is 4.79 Å². The predicted octanol–water partition coefficient (Wildman–Crippen LogP) is 2.05. The molecule has 0 spiro atoms. The van der Waals surface area contributed by atoms with Crippen LogP contribution < -0.4 is 15.0 Å². The lowest BCUT2D eigenvalue weighted by atomic mass is 9.93. The first-order valence-electron chi connectivity index (χ1n) is 6.77. The van der Waals surface area contributed by atoms with Crippen LogP contribution in [0.5, 0.6) is 5.75 Å². The van der Waals surface area contributed by atoms with E-state index in [-0.39, 0.29) is 11.9 Å². The number of rotatable bonds is 3. The Hall–Kier alpha value is -1.55. The van der Waals surface area contributed by atoms with Gasteiger partial charge in [-0.15, -0.1) is 0 Å². The number of likely N-dealkylation sites (N-methyl/N-ethyl adjacent to an activating group) is 1. The van der Waals surface area contributed by atoms with E-state index in [4.69, 9.17) is 4.74 Å². The van der Waals surface area contributed by atoms with Crippen LogP contribution in [-0.4, -0.2) is 32.7 Å². The van der Waals surface area contributed by atoms with Gasteiger partial charge < -0.3 is 15.0 Å². The number of hydrogen-bond donors (Lipinski definition) is 1. The summed E-state index contributed by atoms with van der Waals surface area (Å²) < 4.78 is 5.12. The number of carbonyl (C=O) groups is 1. The second-order valence-corrected chi connectivity index (χ2v) is 5.23. The summed E-state index contributed by atoms with van der Waals surface area (Å²) in [4.78, 5) is 14.1. The van der Waals surface area contributed by atoms with Gasteiger partial charge in [-0.05, 0) is 49.6 Å². The molecule has 1 saturated heterocycles. The number of nitrogens with one attached hydrogen (secondary N) is 1. The molecule has 4 nitrogen and oxygen atoms in total. The highest BCUT2D eigenvalue weighted by atomic mass is 16.5. The second-order valence-electron chi connectivity index (χ2n) is 5.23. The Bertz CT molecular complexity index is 430. The Balaban J connectivity index is 2.05. The van der Waals surface area contributed by atoms with Gasteiger partial charge in [0.25, 0.3) is 0 Å². The Kier molecular flexibility index (Phi) is 4.43. The van der Waals surface area contributed by atoms with Crippen molar-refractivity contribution in [2.45, 2.75) is 25.8 Å². The molecule has 104 valence electrons. The molecule has 1 aromatic carbocycles. The fourth-order valence-electron chi connectivity index (χ4n) is 2.46. The number of amides is 1. The second kappa shape index (κ2) is 6.06. The quantitative estimate of drug-likeness (QED) is 0.906. The highest BCUT2D eigenvalue weighted by Gasteiger charge is 2.27. The molecule has 19 heavy (non-hydrogen) atoms. The zero-order valence-electron chi connectivity index (χ0n) is 11.8. The lowest BCUT2D eigenvalue weighted by Crippen LogP contribution is -2.49. The Morgan fingerprint density at radius 3 is 2.63 bits per heavy atom. The van der Waals surface area contributed by atoms with Gasteiger partial charge in [0, 0.05) is 12.7 Å². The third-order valence-corrected chi connectivity index (χ3v) is 3.75. The molecule has 1 fully saturated rings. The molecule has 2 atom stereocenters. The van der Waals surface area contributed by atoms with Crippen molar-refractivity contribution in [2.75, 3.05) is 25.6 Å². The minimum absolute atomic E-state index is 0.0594. The van der Waals surface area contributed by atoms with E-state index < -0.39 is 0 Å². The van der Waals surface area contributed by atoms with E-state index in [1.54, 1.807) is 12.0 Å². The van der Waals surface area contributed by atoms with Crippen molar-refractivity contribution in [2.24, 2.45) is 5.92 Å². The van der Waals surface area contributed by atoms with Crippen LogP contribution >= 0.6 is 0 Å². The summed E-state index contributed by atoms with van der Waals surface area (Å²) in [6, 6.07) is 7.49. The molecular formula is C15H22N2O2. The first kappa shape index (κ1) is 13.9. The smallest absolute Gasteiger partial charge is 0.243 e. The van der Waals surface area contributed by atoms with Gasteiger partial charge in [-0.25, -0.2) is 0 Å². The molecule has 1 heterocycles. The molecule has 2 unspecified atom stereocenters. The minimum Gasteiger partial charge on any atom is -0.497 e. The molecule has 1 amide bonds. The van der Waals surface area contributed by atoms with Crippen LogP contribution in [0.2, 0.25) is 0 Å². The summed E-state index contributed by atoms with van der Waals surface area (Å²) >= 11 is 0. The van der Waals surface area contributed by atoms with Crippen molar-refractivity contribution in [3.05, 3.63) is 24.3 Å². The zero-order chi connectivity index (χ0) is 13.8. The Morgan fingerprint density at radius 2 is 2.05 bits per heavy atom. The van der Waals surface area contributed by atoms with Crippen LogP contribution in [-0.2, 0) is 4.79 Å². The van der Waals surface area contributed by atoms with E-state index >= 15 is 0 Å². The van der Waals surface area contributed by atoms with Crippen molar-refractivity contribution >= 4 is 11.6 Å². The summed E-state index contributed by atoms with van der Waals surface area (Å²) in [6.45, 7) is 3.13. The van der Waals surface area contributed by atoms with Crippen LogP contribution in [0.1, 0.15) is 19.8 Å². The van der Waals surface area contributed by atoms with Crippen LogP contribution in [0.25, 0.3) is 0 Å². The zero-order valence-corrected chi connectivity index (χ0v) is 11.8.